The van der Waals surface area contributed by atoms with Gasteiger partial charge in [-0.25, -0.2) is 13.1 Å². The van der Waals surface area contributed by atoms with E-state index in [-0.39, 0.29) is 12.3 Å². The van der Waals surface area contributed by atoms with Gasteiger partial charge in [0.25, 0.3) is 0 Å². The van der Waals surface area contributed by atoms with Gasteiger partial charge < -0.3 is 4.74 Å². The van der Waals surface area contributed by atoms with E-state index in [1.807, 2.05) is 54.6 Å². The van der Waals surface area contributed by atoms with Crippen LogP contribution in [0, 0.1) is 0 Å². The van der Waals surface area contributed by atoms with Crippen LogP contribution in [0.1, 0.15) is 22.3 Å². The van der Waals surface area contributed by atoms with Crippen molar-refractivity contribution >= 4 is 33.2 Å². The van der Waals surface area contributed by atoms with Gasteiger partial charge in [-0.3, -0.25) is 0 Å². The van der Waals surface area contributed by atoms with Crippen molar-refractivity contribution in [3.05, 3.63) is 105 Å². The van der Waals surface area contributed by atoms with Crippen LogP contribution >= 0.6 is 23.2 Å². The second kappa shape index (κ2) is 10.2. The molecule has 0 saturated carbocycles. The Kier molecular flexibility index (Phi) is 7.70. The third-order valence-electron chi connectivity index (χ3n) is 4.21. The molecule has 0 radical (unpaired) electrons. The molecule has 0 amide bonds. The van der Waals surface area contributed by atoms with E-state index in [0.29, 0.717) is 28.8 Å². The van der Waals surface area contributed by atoms with Crippen LogP contribution in [0.4, 0.5) is 0 Å². The summed E-state index contributed by atoms with van der Waals surface area (Å²) in [5, 5.41) is 0.731. The Balaban J connectivity index is 1.53. The lowest BCUT2D eigenvalue weighted by atomic mass is 10.1. The summed E-state index contributed by atoms with van der Waals surface area (Å²) in [6, 6.07) is 22.4. The van der Waals surface area contributed by atoms with E-state index in [1.54, 1.807) is 18.2 Å². The van der Waals surface area contributed by atoms with E-state index in [9.17, 15) is 8.42 Å². The first kappa shape index (κ1) is 21.8. The van der Waals surface area contributed by atoms with E-state index < -0.39 is 10.0 Å². The molecule has 0 fully saturated rings. The van der Waals surface area contributed by atoms with Crippen molar-refractivity contribution in [1.82, 2.24) is 4.72 Å². The van der Waals surface area contributed by atoms with Gasteiger partial charge in [-0.2, -0.15) is 0 Å². The molecule has 7 heteroatoms. The predicted molar refractivity (Wildman–Crippen MR) is 117 cm³/mol. The summed E-state index contributed by atoms with van der Waals surface area (Å²) >= 11 is 11.8. The van der Waals surface area contributed by atoms with Crippen molar-refractivity contribution in [3.8, 4) is 0 Å². The Bertz CT molecular complexity index is 1060. The third kappa shape index (κ3) is 7.14. The minimum absolute atomic E-state index is 0.163. The molecule has 0 aliphatic heterocycles. The van der Waals surface area contributed by atoms with E-state index in [4.69, 9.17) is 27.9 Å². The minimum atomic E-state index is -3.51. The van der Waals surface area contributed by atoms with Crippen molar-refractivity contribution < 1.29 is 13.2 Å². The number of rotatable bonds is 9. The SMILES string of the molecule is O=S(=O)(Cc1ccc(Cl)c(Cl)c1)NCc1cccc(COCc2ccccc2)c1. The van der Waals surface area contributed by atoms with Crippen LogP contribution in [0.25, 0.3) is 0 Å². The van der Waals surface area contributed by atoms with Crippen LogP contribution in [0.2, 0.25) is 10.0 Å². The third-order valence-corrected chi connectivity index (χ3v) is 6.25. The highest BCUT2D eigenvalue weighted by Crippen LogP contribution is 2.23. The highest BCUT2D eigenvalue weighted by molar-refractivity contribution is 7.88. The van der Waals surface area contributed by atoms with E-state index in [2.05, 4.69) is 4.72 Å². The second-order valence-electron chi connectivity index (χ2n) is 6.63. The van der Waals surface area contributed by atoms with Crippen molar-refractivity contribution in [3.63, 3.8) is 0 Å². The maximum Gasteiger partial charge on any atom is 0.216 e. The molecule has 152 valence electrons. The average Bonchev–Trinajstić information content (AvgIpc) is 2.70. The number of hydrogen-bond donors (Lipinski definition) is 1. The zero-order chi connectivity index (χ0) is 20.7. The number of hydrogen-bond acceptors (Lipinski definition) is 3. The smallest absolute Gasteiger partial charge is 0.216 e. The lowest BCUT2D eigenvalue weighted by Gasteiger charge is -2.10. The monoisotopic (exact) mass is 449 g/mol. The van der Waals surface area contributed by atoms with Gasteiger partial charge in [-0.15, -0.1) is 0 Å². The number of nitrogens with one attached hydrogen (secondary N) is 1. The summed E-state index contributed by atoms with van der Waals surface area (Å²) in [6.07, 6.45) is 0. The molecule has 4 nitrogen and oxygen atoms in total. The Morgan fingerprint density at radius 3 is 2.17 bits per heavy atom. The van der Waals surface area contributed by atoms with Crippen LogP contribution in [0.3, 0.4) is 0 Å². The summed E-state index contributed by atoms with van der Waals surface area (Å²) in [5.74, 6) is -0.163. The van der Waals surface area contributed by atoms with Crippen LogP contribution in [0.15, 0.2) is 72.8 Å². The zero-order valence-corrected chi connectivity index (χ0v) is 18.0. The van der Waals surface area contributed by atoms with Crippen molar-refractivity contribution in [2.24, 2.45) is 0 Å². The molecular formula is C22H21Cl2NO3S. The molecule has 1 N–H and O–H groups in total. The molecule has 0 aliphatic rings. The summed E-state index contributed by atoms with van der Waals surface area (Å²) in [7, 11) is -3.51. The van der Waals surface area contributed by atoms with Gasteiger partial charge >= 0.3 is 0 Å². The summed E-state index contributed by atoms with van der Waals surface area (Å²) in [6.45, 7) is 1.19. The lowest BCUT2D eigenvalue weighted by Crippen LogP contribution is -2.24. The molecule has 0 aliphatic carbocycles. The first-order valence-electron chi connectivity index (χ1n) is 9.02. The van der Waals surface area contributed by atoms with Crippen molar-refractivity contribution in [1.29, 1.82) is 0 Å². The molecule has 3 aromatic rings. The Morgan fingerprint density at radius 2 is 1.41 bits per heavy atom. The number of ether oxygens (including phenoxy) is 1. The molecule has 0 saturated heterocycles. The Hall–Kier alpha value is -1.89. The Morgan fingerprint density at radius 1 is 0.724 bits per heavy atom. The molecule has 0 bridgehead atoms. The summed E-state index contributed by atoms with van der Waals surface area (Å²) in [5.41, 5.74) is 3.54. The zero-order valence-electron chi connectivity index (χ0n) is 15.6. The van der Waals surface area contributed by atoms with Crippen molar-refractivity contribution in [2.45, 2.75) is 25.5 Å². The van der Waals surface area contributed by atoms with Gasteiger partial charge in [0.15, 0.2) is 0 Å². The number of halogens is 2. The van der Waals surface area contributed by atoms with Gasteiger partial charge in [0.2, 0.25) is 10.0 Å². The van der Waals surface area contributed by atoms with Gasteiger partial charge in [0, 0.05) is 6.54 Å². The minimum Gasteiger partial charge on any atom is -0.372 e. The second-order valence-corrected chi connectivity index (χ2v) is 9.25. The normalized spacial score (nSPS) is 11.5. The number of sulfonamides is 1. The topological polar surface area (TPSA) is 55.4 Å². The summed E-state index contributed by atoms with van der Waals surface area (Å²) < 4.78 is 33.1. The highest BCUT2D eigenvalue weighted by Gasteiger charge is 2.12. The number of benzene rings is 3. The first-order valence-corrected chi connectivity index (χ1v) is 11.4. The molecule has 0 aromatic heterocycles. The van der Waals surface area contributed by atoms with Crippen LogP contribution in [-0.2, 0) is 40.3 Å². The fourth-order valence-corrected chi connectivity index (χ4v) is 4.21. The van der Waals surface area contributed by atoms with Crippen LogP contribution in [0.5, 0.6) is 0 Å². The van der Waals surface area contributed by atoms with Gasteiger partial charge in [0.05, 0.1) is 29.0 Å². The fourth-order valence-electron chi connectivity index (χ4n) is 2.78. The average molecular weight is 450 g/mol. The molecule has 3 aromatic carbocycles. The lowest BCUT2D eigenvalue weighted by molar-refractivity contribution is 0.107. The van der Waals surface area contributed by atoms with Crippen LogP contribution in [-0.4, -0.2) is 8.42 Å². The highest BCUT2D eigenvalue weighted by atomic mass is 35.5. The largest absolute Gasteiger partial charge is 0.372 e. The van der Waals surface area contributed by atoms with E-state index in [0.717, 1.165) is 16.7 Å². The van der Waals surface area contributed by atoms with Crippen LogP contribution < -0.4 is 4.72 Å². The molecule has 0 unspecified atom stereocenters. The molecule has 3 rings (SSSR count). The van der Waals surface area contributed by atoms with E-state index in [1.165, 1.54) is 0 Å². The maximum atomic E-state index is 12.4. The predicted octanol–water partition coefficient (Wildman–Crippen LogP) is 5.33. The molecule has 0 atom stereocenters. The molecule has 0 spiro atoms. The van der Waals surface area contributed by atoms with Gasteiger partial charge in [-0.1, -0.05) is 83.9 Å². The summed E-state index contributed by atoms with van der Waals surface area (Å²) in [4.78, 5) is 0. The first-order chi connectivity index (χ1) is 13.9. The fraction of sp³-hybridized carbons (Fsp3) is 0.182. The quantitative estimate of drug-likeness (QED) is 0.480. The van der Waals surface area contributed by atoms with Gasteiger partial charge in [0.1, 0.15) is 0 Å². The van der Waals surface area contributed by atoms with E-state index >= 15 is 0 Å². The maximum absolute atomic E-state index is 12.4. The molecule has 0 heterocycles. The van der Waals surface area contributed by atoms with Gasteiger partial charge in [-0.05, 0) is 34.4 Å². The molecular weight excluding hydrogens is 429 g/mol. The standard InChI is InChI=1S/C22H21Cl2NO3S/c23-21-10-9-20(12-22(21)24)16-29(26,27)25-13-18-7-4-8-19(11-18)15-28-14-17-5-2-1-3-6-17/h1-12,25H,13-16H2. The molecule has 29 heavy (non-hydrogen) atoms. The Labute approximate surface area is 181 Å². The van der Waals surface area contributed by atoms with Crippen molar-refractivity contribution in [2.75, 3.05) is 0 Å².